The van der Waals surface area contributed by atoms with Crippen LogP contribution in [0.1, 0.15) is 19.8 Å². The van der Waals surface area contributed by atoms with E-state index in [0.29, 0.717) is 6.42 Å². The Morgan fingerprint density at radius 1 is 1.38 bits per heavy atom. The third-order valence-corrected chi connectivity index (χ3v) is 2.45. The van der Waals surface area contributed by atoms with Crippen LogP contribution in [-0.4, -0.2) is 35.0 Å². The molecule has 0 aliphatic rings. The lowest BCUT2D eigenvalue weighted by Crippen LogP contribution is -2.29. The Balaban J connectivity index is 3.25. The van der Waals surface area contributed by atoms with Gasteiger partial charge in [-0.25, -0.2) is 0 Å². The van der Waals surface area contributed by atoms with Gasteiger partial charge in [0.25, 0.3) is 0 Å². The lowest BCUT2D eigenvalue weighted by molar-refractivity contribution is -0.137. The number of hydrogen-bond acceptors (Lipinski definition) is 3. The van der Waals surface area contributed by atoms with E-state index >= 15 is 0 Å². The largest absolute Gasteiger partial charge is 0.480 e. The van der Waals surface area contributed by atoms with E-state index in [1.54, 1.807) is 11.8 Å². The van der Waals surface area contributed by atoms with Crippen LogP contribution in [0.5, 0.6) is 0 Å². The van der Waals surface area contributed by atoms with Gasteiger partial charge < -0.3 is 10.4 Å². The summed E-state index contributed by atoms with van der Waals surface area (Å²) < 4.78 is 0. The van der Waals surface area contributed by atoms with Gasteiger partial charge in [0.05, 0.1) is 0 Å². The average Bonchev–Trinajstić information content (AvgIpc) is 2.09. The Hall–Kier alpha value is -0.710. The van der Waals surface area contributed by atoms with Crippen molar-refractivity contribution in [1.29, 1.82) is 0 Å². The highest BCUT2D eigenvalue weighted by molar-refractivity contribution is 7.99. The molecule has 0 atom stereocenters. The van der Waals surface area contributed by atoms with Crippen molar-refractivity contribution in [1.82, 2.24) is 5.32 Å². The maximum absolute atomic E-state index is 10.9. The van der Waals surface area contributed by atoms with Gasteiger partial charge in [0.1, 0.15) is 6.54 Å². The number of carboxylic acid groups (broad SMARTS) is 1. The van der Waals surface area contributed by atoms with E-state index < -0.39 is 5.97 Å². The SMILES string of the molecule is CCCSCCC(=O)NCC(=O)O. The first kappa shape index (κ1) is 12.3. The van der Waals surface area contributed by atoms with Crippen molar-refractivity contribution in [3.8, 4) is 0 Å². The first-order valence-electron chi connectivity index (χ1n) is 4.23. The van der Waals surface area contributed by atoms with Crippen molar-refractivity contribution >= 4 is 23.6 Å². The number of thioether (sulfide) groups is 1. The second-order valence-electron chi connectivity index (χ2n) is 2.53. The molecule has 13 heavy (non-hydrogen) atoms. The van der Waals surface area contributed by atoms with Crippen LogP contribution in [0.2, 0.25) is 0 Å². The fraction of sp³-hybridized carbons (Fsp3) is 0.750. The van der Waals surface area contributed by atoms with Crippen LogP contribution in [0.25, 0.3) is 0 Å². The molecule has 0 saturated carbocycles. The normalized spacial score (nSPS) is 9.62. The smallest absolute Gasteiger partial charge is 0.322 e. The first-order valence-corrected chi connectivity index (χ1v) is 5.38. The lowest BCUT2D eigenvalue weighted by Gasteiger charge is -2.01. The summed E-state index contributed by atoms with van der Waals surface area (Å²) in [5, 5.41) is 10.6. The topological polar surface area (TPSA) is 66.4 Å². The van der Waals surface area contributed by atoms with E-state index in [-0.39, 0.29) is 12.5 Å². The van der Waals surface area contributed by atoms with E-state index in [1.165, 1.54) is 0 Å². The summed E-state index contributed by atoms with van der Waals surface area (Å²) in [4.78, 5) is 21.0. The molecule has 1 amide bonds. The van der Waals surface area contributed by atoms with E-state index in [2.05, 4.69) is 12.2 Å². The van der Waals surface area contributed by atoms with Crippen LogP contribution in [0.3, 0.4) is 0 Å². The molecule has 5 heteroatoms. The molecule has 0 radical (unpaired) electrons. The molecular weight excluding hydrogens is 190 g/mol. The minimum atomic E-state index is -1.01. The molecule has 4 nitrogen and oxygen atoms in total. The molecule has 0 fully saturated rings. The number of nitrogens with one attached hydrogen (secondary N) is 1. The molecule has 0 bridgehead atoms. The number of hydrogen-bond donors (Lipinski definition) is 2. The van der Waals surface area contributed by atoms with Gasteiger partial charge in [-0.05, 0) is 12.2 Å². The molecule has 0 saturated heterocycles. The van der Waals surface area contributed by atoms with Gasteiger partial charge in [0.2, 0.25) is 5.91 Å². The quantitative estimate of drug-likeness (QED) is 0.601. The summed E-state index contributed by atoms with van der Waals surface area (Å²) >= 11 is 1.71. The zero-order valence-corrected chi connectivity index (χ0v) is 8.52. The van der Waals surface area contributed by atoms with Gasteiger partial charge in [-0.3, -0.25) is 9.59 Å². The molecule has 0 heterocycles. The highest BCUT2D eigenvalue weighted by Gasteiger charge is 2.02. The highest BCUT2D eigenvalue weighted by atomic mass is 32.2. The maximum Gasteiger partial charge on any atom is 0.322 e. The maximum atomic E-state index is 10.9. The number of rotatable bonds is 7. The number of carbonyl (C=O) groups excluding carboxylic acids is 1. The van der Waals surface area contributed by atoms with Crippen LogP contribution in [0.4, 0.5) is 0 Å². The van der Waals surface area contributed by atoms with Gasteiger partial charge in [0, 0.05) is 12.2 Å². The third kappa shape index (κ3) is 9.20. The predicted octanol–water partition coefficient (Wildman–Crippen LogP) is 0.721. The Morgan fingerprint density at radius 3 is 2.62 bits per heavy atom. The van der Waals surface area contributed by atoms with Crippen LogP contribution in [-0.2, 0) is 9.59 Å². The first-order chi connectivity index (χ1) is 6.16. The van der Waals surface area contributed by atoms with Gasteiger partial charge in [0.15, 0.2) is 0 Å². The third-order valence-electron chi connectivity index (χ3n) is 1.26. The van der Waals surface area contributed by atoms with Crippen LogP contribution in [0.15, 0.2) is 0 Å². The Morgan fingerprint density at radius 2 is 2.08 bits per heavy atom. The standard InChI is InChI=1S/C8H15NO3S/c1-2-4-13-5-3-7(10)9-6-8(11)12/h2-6H2,1H3,(H,9,10)(H,11,12). The van der Waals surface area contributed by atoms with Crippen LogP contribution >= 0.6 is 11.8 Å². The number of amides is 1. The van der Waals surface area contributed by atoms with Crippen molar-refractivity contribution in [3.63, 3.8) is 0 Å². The number of carboxylic acids is 1. The van der Waals surface area contributed by atoms with Crippen molar-refractivity contribution in [2.45, 2.75) is 19.8 Å². The van der Waals surface area contributed by atoms with Crippen molar-refractivity contribution in [3.05, 3.63) is 0 Å². The van der Waals surface area contributed by atoms with Gasteiger partial charge >= 0.3 is 5.97 Å². The van der Waals surface area contributed by atoms with Gasteiger partial charge in [-0.2, -0.15) is 11.8 Å². The summed E-state index contributed by atoms with van der Waals surface area (Å²) in [6.45, 7) is 1.80. The summed E-state index contributed by atoms with van der Waals surface area (Å²) in [6, 6.07) is 0. The second-order valence-corrected chi connectivity index (χ2v) is 3.76. The molecule has 0 spiro atoms. The Labute approximate surface area is 82.1 Å². The molecule has 0 aromatic rings. The zero-order chi connectivity index (χ0) is 10.1. The number of carbonyl (C=O) groups is 2. The van der Waals surface area contributed by atoms with Gasteiger partial charge in [-0.1, -0.05) is 6.92 Å². The van der Waals surface area contributed by atoms with Crippen LogP contribution in [0, 0.1) is 0 Å². The van der Waals surface area contributed by atoms with E-state index in [0.717, 1.165) is 17.9 Å². The average molecular weight is 205 g/mol. The summed E-state index contributed by atoms with van der Waals surface area (Å²) in [6.07, 6.45) is 1.50. The van der Waals surface area contributed by atoms with E-state index in [4.69, 9.17) is 5.11 Å². The Bertz CT molecular complexity index is 173. The molecule has 0 aromatic carbocycles. The highest BCUT2D eigenvalue weighted by Crippen LogP contribution is 2.03. The van der Waals surface area contributed by atoms with Crippen molar-refractivity contribution in [2.24, 2.45) is 0 Å². The number of aliphatic carboxylic acids is 1. The molecule has 0 unspecified atom stereocenters. The van der Waals surface area contributed by atoms with Crippen molar-refractivity contribution < 1.29 is 14.7 Å². The van der Waals surface area contributed by atoms with E-state index in [9.17, 15) is 9.59 Å². The monoisotopic (exact) mass is 205 g/mol. The van der Waals surface area contributed by atoms with E-state index in [1.807, 2.05) is 0 Å². The summed E-state index contributed by atoms with van der Waals surface area (Å²) in [5.41, 5.74) is 0. The predicted molar refractivity (Wildman–Crippen MR) is 52.9 cm³/mol. The van der Waals surface area contributed by atoms with Crippen molar-refractivity contribution in [2.75, 3.05) is 18.1 Å². The fourth-order valence-electron chi connectivity index (χ4n) is 0.674. The summed E-state index contributed by atoms with van der Waals surface area (Å²) in [5.74, 6) is 0.617. The Kier molecular flexibility index (Phi) is 7.48. The zero-order valence-electron chi connectivity index (χ0n) is 7.71. The van der Waals surface area contributed by atoms with Crippen LogP contribution < -0.4 is 5.32 Å². The minimum absolute atomic E-state index is 0.189. The summed E-state index contributed by atoms with van der Waals surface area (Å²) in [7, 11) is 0. The second kappa shape index (κ2) is 7.91. The minimum Gasteiger partial charge on any atom is -0.480 e. The fourth-order valence-corrected chi connectivity index (χ4v) is 1.50. The molecule has 0 aromatic heterocycles. The molecule has 0 aliphatic carbocycles. The molecule has 0 rings (SSSR count). The molecule has 2 N–H and O–H groups in total. The van der Waals surface area contributed by atoms with Gasteiger partial charge in [-0.15, -0.1) is 0 Å². The molecule has 0 aliphatic heterocycles. The lowest BCUT2D eigenvalue weighted by atomic mass is 10.4. The molecule has 76 valence electrons. The molecular formula is C8H15NO3S.